The molecule has 0 atom stereocenters. The molecular weight excluding hydrogens is 416 g/mol. The fourth-order valence-corrected chi connectivity index (χ4v) is 3.85. The van der Waals surface area contributed by atoms with Crippen molar-refractivity contribution in [3.63, 3.8) is 0 Å². The van der Waals surface area contributed by atoms with E-state index in [4.69, 9.17) is 21.7 Å². The van der Waals surface area contributed by atoms with Crippen LogP contribution in [0.1, 0.15) is 30.5 Å². The number of nitrogens with zero attached hydrogens (tertiary/aromatic N) is 1. The van der Waals surface area contributed by atoms with Gasteiger partial charge in [0.1, 0.15) is 5.75 Å². The molecule has 0 radical (unpaired) electrons. The number of fused-ring (bicyclic) bond motifs is 1. The molecule has 0 aliphatic rings. The summed E-state index contributed by atoms with van der Waals surface area (Å²) in [4.78, 5) is 13.0. The fourth-order valence-electron chi connectivity index (χ4n) is 3.73. The van der Waals surface area contributed by atoms with Crippen molar-refractivity contribution in [2.45, 2.75) is 33.4 Å². The van der Waals surface area contributed by atoms with Crippen LogP contribution in [0.5, 0.6) is 5.75 Å². The number of rotatable bonds is 7. The third-order valence-electron chi connectivity index (χ3n) is 5.20. The second-order valence-corrected chi connectivity index (χ2v) is 7.79. The van der Waals surface area contributed by atoms with E-state index in [-0.39, 0.29) is 29.2 Å². The summed E-state index contributed by atoms with van der Waals surface area (Å²) in [5.41, 5.74) is 2.79. The first-order chi connectivity index (χ1) is 14.8. The third kappa shape index (κ3) is 4.65. The average molecular weight is 441 g/mol. The zero-order chi connectivity index (χ0) is 22.7. The predicted octanol–water partition coefficient (Wildman–Crippen LogP) is 4.73. The summed E-state index contributed by atoms with van der Waals surface area (Å²) in [6.45, 7) is 3.12. The highest BCUT2D eigenvalue weighted by molar-refractivity contribution is 6.30. The fraction of sp³-hybridized carbons (Fsp3) is 0.250. The van der Waals surface area contributed by atoms with E-state index in [1.165, 1.54) is 14.0 Å². The van der Waals surface area contributed by atoms with Gasteiger partial charge in [-0.05, 0) is 55.5 Å². The molecule has 0 bridgehead atoms. The van der Waals surface area contributed by atoms with Crippen LogP contribution in [-0.4, -0.2) is 27.6 Å². The zero-order valence-corrected chi connectivity index (χ0v) is 18.5. The van der Waals surface area contributed by atoms with Gasteiger partial charge in [0.25, 0.3) is 5.56 Å². The predicted molar refractivity (Wildman–Crippen MR) is 124 cm³/mol. The van der Waals surface area contributed by atoms with Crippen LogP contribution in [0.4, 0.5) is 0 Å². The highest BCUT2D eigenvalue weighted by Gasteiger charge is 2.18. The molecule has 0 aliphatic heterocycles. The molecule has 1 heterocycles. The van der Waals surface area contributed by atoms with Crippen molar-refractivity contribution in [3.8, 4) is 5.75 Å². The molecule has 0 saturated carbocycles. The summed E-state index contributed by atoms with van der Waals surface area (Å²) >= 11 is 5.96. The Balaban J connectivity index is 2.20. The lowest BCUT2D eigenvalue weighted by Gasteiger charge is -2.17. The second kappa shape index (κ2) is 9.37. The molecule has 3 N–H and O–H groups in total. The topological polar surface area (TPSA) is 95.5 Å². The maximum Gasteiger partial charge on any atom is 0.256 e. The highest BCUT2D eigenvalue weighted by Crippen LogP contribution is 2.33. The van der Waals surface area contributed by atoms with Crippen LogP contribution in [0.3, 0.4) is 0 Å². The maximum absolute atomic E-state index is 13.0. The van der Waals surface area contributed by atoms with Crippen LogP contribution in [-0.2, 0) is 19.6 Å². The van der Waals surface area contributed by atoms with Gasteiger partial charge in [-0.25, -0.2) is 0 Å². The Kier molecular flexibility index (Phi) is 6.83. The molecule has 0 fully saturated rings. The first kappa shape index (κ1) is 22.6. The van der Waals surface area contributed by atoms with E-state index < -0.39 is 0 Å². The van der Waals surface area contributed by atoms with Crippen LogP contribution >= 0.6 is 11.6 Å². The van der Waals surface area contributed by atoms with Gasteiger partial charge in [0.2, 0.25) is 0 Å². The molecule has 0 spiro atoms. The summed E-state index contributed by atoms with van der Waals surface area (Å²) in [7, 11) is 1.51. The summed E-state index contributed by atoms with van der Waals surface area (Å²) in [5.74, 6) is 0.447. The number of ether oxygens (including phenoxy) is 1. The number of halogens is 1. The smallest absolute Gasteiger partial charge is 0.256 e. The molecule has 0 amide bonds. The number of aromatic nitrogens is 1. The lowest BCUT2D eigenvalue weighted by atomic mass is 9.97. The number of benzene rings is 2. The molecule has 1 aromatic heterocycles. The minimum Gasteiger partial charge on any atom is -0.512 e. The molecule has 162 valence electrons. The second-order valence-electron chi connectivity index (χ2n) is 7.36. The van der Waals surface area contributed by atoms with Crippen molar-refractivity contribution in [1.29, 1.82) is 5.41 Å². The van der Waals surface area contributed by atoms with Crippen molar-refractivity contribution in [1.82, 2.24) is 4.57 Å². The number of nitrogens with one attached hydrogen (secondary N) is 1. The molecule has 0 unspecified atom stereocenters. The van der Waals surface area contributed by atoms with E-state index in [2.05, 4.69) is 0 Å². The minimum absolute atomic E-state index is 0.00333. The molecule has 7 heteroatoms. The van der Waals surface area contributed by atoms with Gasteiger partial charge in [0, 0.05) is 40.0 Å². The van der Waals surface area contributed by atoms with Gasteiger partial charge in [-0.3, -0.25) is 4.79 Å². The van der Waals surface area contributed by atoms with Gasteiger partial charge in [-0.2, -0.15) is 0 Å². The normalized spacial score (nSPS) is 12.0. The Bertz CT molecular complexity index is 1220. The number of methoxy groups -OCH3 is 1. The Hall–Kier alpha value is -3.09. The van der Waals surface area contributed by atoms with Crippen molar-refractivity contribution in [3.05, 3.63) is 80.3 Å². The highest BCUT2D eigenvalue weighted by atomic mass is 35.5. The summed E-state index contributed by atoms with van der Waals surface area (Å²) < 4.78 is 7.16. The standard InChI is InChI=1S/C24H25ClN2O4/c1-14(26)23(15(2)29)20-11-17-10-18(13-28)24(30)27(21(17)12-22(20)31-3)9-8-16-4-6-19(25)7-5-16/h4-7,10-12,26,28-29H,8-9,13H2,1-3H3/b23-15+,26-14?. The first-order valence-corrected chi connectivity index (χ1v) is 10.2. The number of hydrogen-bond donors (Lipinski definition) is 3. The molecule has 0 aliphatic carbocycles. The third-order valence-corrected chi connectivity index (χ3v) is 5.45. The van der Waals surface area contributed by atoms with E-state index in [0.29, 0.717) is 45.8 Å². The number of aliphatic hydroxyl groups excluding tert-OH is 2. The number of hydrogen-bond acceptors (Lipinski definition) is 5. The zero-order valence-electron chi connectivity index (χ0n) is 17.7. The van der Waals surface area contributed by atoms with E-state index in [1.807, 2.05) is 24.3 Å². The van der Waals surface area contributed by atoms with Crippen LogP contribution in [0.25, 0.3) is 16.5 Å². The number of pyridine rings is 1. The van der Waals surface area contributed by atoms with E-state index in [9.17, 15) is 15.0 Å². The monoisotopic (exact) mass is 440 g/mol. The Morgan fingerprint density at radius 3 is 2.39 bits per heavy atom. The van der Waals surface area contributed by atoms with Gasteiger partial charge in [-0.15, -0.1) is 0 Å². The van der Waals surface area contributed by atoms with Gasteiger partial charge in [0.15, 0.2) is 0 Å². The largest absolute Gasteiger partial charge is 0.512 e. The quantitative estimate of drug-likeness (QED) is 0.365. The minimum atomic E-state index is -0.387. The first-order valence-electron chi connectivity index (χ1n) is 9.82. The van der Waals surface area contributed by atoms with Gasteiger partial charge < -0.3 is 24.9 Å². The Morgan fingerprint density at radius 2 is 1.84 bits per heavy atom. The van der Waals surface area contributed by atoms with E-state index in [1.54, 1.807) is 29.7 Å². The van der Waals surface area contributed by atoms with Gasteiger partial charge in [-0.1, -0.05) is 23.7 Å². The van der Waals surface area contributed by atoms with Crippen molar-refractivity contribution in [2.24, 2.45) is 0 Å². The van der Waals surface area contributed by atoms with Crippen LogP contribution in [0.15, 0.2) is 53.0 Å². The number of allylic oxidation sites excluding steroid dienone is 2. The molecule has 3 rings (SSSR count). The van der Waals surface area contributed by atoms with Crippen LogP contribution < -0.4 is 10.3 Å². The molecule has 6 nitrogen and oxygen atoms in total. The van der Waals surface area contributed by atoms with Crippen molar-refractivity contribution in [2.75, 3.05) is 7.11 Å². The number of aryl methyl sites for hydroxylation is 2. The van der Waals surface area contributed by atoms with Gasteiger partial charge >= 0.3 is 0 Å². The maximum atomic E-state index is 13.0. The van der Waals surface area contributed by atoms with Gasteiger partial charge in [0.05, 0.1) is 25.0 Å². The molecule has 0 saturated heterocycles. The van der Waals surface area contributed by atoms with E-state index >= 15 is 0 Å². The average Bonchev–Trinajstić information content (AvgIpc) is 2.73. The molecule has 3 aromatic rings. The Labute approximate surface area is 185 Å². The summed E-state index contributed by atoms with van der Waals surface area (Å²) in [6, 6.07) is 12.6. The lowest BCUT2D eigenvalue weighted by molar-refractivity contribution is 0.279. The Morgan fingerprint density at radius 1 is 1.16 bits per heavy atom. The summed E-state index contributed by atoms with van der Waals surface area (Å²) in [5, 5.41) is 29.3. The molecular formula is C24H25ClN2O4. The molecule has 31 heavy (non-hydrogen) atoms. The number of aliphatic hydroxyl groups is 2. The lowest BCUT2D eigenvalue weighted by Crippen LogP contribution is -2.25. The SMILES string of the molecule is COc1cc2c(cc1/C(C(C)=N)=C(\C)O)cc(CO)c(=O)n2CCc1ccc(Cl)cc1. The molecule has 2 aromatic carbocycles. The van der Waals surface area contributed by atoms with Crippen LogP contribution in [0.2, 0.25) is 5.02 Å². The van der Waals surface area contributed by atoms with Crippen molar-refractivity contribution >= 4 is 33.8 Å². The summed E-state index contributed by atoms with van der Waals surface area (Å²) in [6.07, 6.45) is 0.603. The van der Waals surface area contributed by atoms with Crippen LogP contribution in [0, 0.1) is 5.41 Å². The van der Waals surface area contributed by atoms with E-state index in [0.717, 1.165) is 5.56 Å². The van der Waals surface area contributed by atoms with Crippen molar-refractivity contribution < 1.29 is 14.9 Å².